The number of imidazole rings is 1. The maximum absolute atomic E-state index is 6.20. The molecule has 0 radical (unpaired) electrons. The lowest BCUT2D eigenvalue weighted by Gasteiger charge is -2.25. The fourth-order valence-electron chi connectivity index (χ4n) is 3.79. The van der Waals surface area contributed by atoms with Gasteiger partial charge in [-0.15, -0.1) is 5.10 Å². The Labute approximate surface area is 153 Å². The molecule has 1 N–H and O–H groups in total. The number of rotatable bonds is 8. The van der Waals surface area contributed by atoms with Crippen molar-refractivity contribution in [2.45, 2.75) is 63.6 Å². The summed E-state index contributed by atoms with van der Waals surface area (Å²) in [5.74, 6) is 1.64. The number of ether oxygens (including phenoxy) is 1. The van der Waals surface area contributed by atoms with Crippen LogP contribution in [0.5, 0.6) is 0 Å². The van der Waals surface area contributed by atoms with Gasteiger partial charge in [0.25, 0.3) is 0 Å². The first-order valence-electron chi connectivity index (χ1n) is 9.71. The van der Waals surface area contributed by atoms with Gasteiger partial charge >= 0.3 is 0 Å². The molecule has 1 aliphatic carbocycles. The summed E-state index contributed by atoms with van der Waals surface area (Å²) in [6.07, 6.45) is 15.9. The molecule has 0 bridgehead atoms. The number of aryl methyl sites for hydroxylation is 1. The number of hydrogen-bond acceptors (Lipinski definition) is 6. The monoisotopic (exact) mass is 357 g/mol. The van der Waals surface area contributed by atoms with Crippen LogP contribution in [0.3, 0.4) is 0 Å². The second-order valence-electron chi connectivity index (χ2n) is 7.13. The van der Waals surface area contributed by atoms with Crippen LogP contribution in [0.1, 0.15) is 56.8 Å². The Morgan fingerprint density at radius 1 is 1.23 bits per heavy atom. The molecule has 1 atom stereocenters. The Morgan fingerprint density at radius 2 is 2.15 bits per heavy atom. The van der Waals surface area contributed by atoms with Crippen molar-refractivity contribution in [3.63, 3.8) is 0 Å². The van der Waals surface area contributed by atoms with Crippen LogP contribution in [0.25, 0.3) is 5.76 Å². The molecule has 4 rings (SSSR count). The van der Waals surface area contributed by atoms with Gasteiger partial charge in [0.2, 0.25) is 5.82 Å². The molecule has 0 aromatic carbocycles. The minimum Gasteiger partial charge on any atom is -0.485 e. The highest BCUT2D eigenvalue weighted by Crippen LogP contribution is 2.32. The van der Waals surface area contributed by atoms with E-state index in [4.69, 9.17) is 4.74 Å². The van der Waals surface area contributed by atoms with Crippen LogP contribution in [0.2, 0.25) is 0 Å². The van der Waals surface area contributed by atoms with E-state index >= 15 is 0 Å². The third-order valence-corrected chi connectivity index (χ3v) is 5.20. The zero-order valence-electron chi connectivity index (χ0n) is 15.1. The maximum atomic E-state index is 6.20. The van der Waals surface area contributed by atoms with Gasteiger partial charge < -0.3 is 14.6 Å². The second kappa shape index (κ2) is 8.44. The lowest BCUT2D eigenvalue weighted by molar-refractivity contribution is 0.141. The highest BCUT2D eigenvalue weighted by Gasteiger charge is 2.26. The normalized spacial score (nSPS) is 20.9. The number of tetrazole rings is 1. The molecule has 2 aromatic heterocycles. The Morgan fingerprint density at radius 3 is 3.00 bits per heavy atom. The molecule has 1 fully saturated rings. The van der Waals surface area contributed by atoms with Gasteiger partial charge in [0.1, 0.15) is 6.10 Å². The lowest BCUT2D eigenvalue weighted by Crippen LogP contribution is -2.31. The number of nitrogens with one attached hydrogen (secondary N) is 1. The summed E-state index contributed by atoms with van der Waals surface area (Å²) in [6.45, 7) is 2.81. The molecular weight excluding hydrogens is 330 g/mol. The van der Waals surface area contributed by atoms with Crippen molar-refractivity contribution in [2.24, 2.45) is 0 Å². The molecule has 1 unspecified atom stereocenters. The molecule has 0 spiro atoms. The van der Waals surface area contributed by atoms with Gasteiger partial charge in [0.15, 0.2) is 5.76 Å². The Kier molecular flexibility index (Phi) is 5.59. The van der Waals surface area contributed by atoms with E-state index in [1.54, 1.807) is 0 Å². The SMILES string of the molecule is C1=C(c2nnnn2C2CCCC2)OC(CNCCCn2ccnc2)CC1. The number of nitrogens with zero attached hydrogens (tertiary/aromatic N) is 6. The second-order valence-corrected chi connectivity index (χ2v) is 7.13. The number of aromatic nitrogens is 6. The van der Waals surface area contributed by atoms with E-state index in [1.807, 2.05) is 23.4 Å². The molecule has 3 heterocycles. The van der Waals surface area contributed by atoms with Gasteiger partial charge in [-0.1, -0.05) is 12.8 Å². The van der Waals surface area contributed by atoms with Gasteiger partial charge in [0, 0.05) is 25.5 Å². The first-order valence-corrected chi connectivity index (χ1v) is 9.71. The molecule has 8 nitrogen and oxygen atoms in total. The summed E-state index contributed by atoms with van der Waals surface area (Å²) in [5.41, 5.74) is 0. The van der Waals surface area contributed by atoms with E-state index in [0.29, 0.717) is 6.04 Å². The fraction of sp³-hybridized carbons (Fsp3) is 0.667. The van der Waals surface area contributed by atoms with Crippen LogP contribution in [0.4, 0.5) is 0 Å². The Balaban J connectivity index is 1.25. The minimum absolute atomic E-state index is 0.178. The average Bonchev–Trinajstić information content (AvgIpc) is 3.42. The molecule has 0 saturated heterocycles. The largest absolute Gasteiger partial charge is 0.485 e. The first-order chi connectivity index (χ1) is 12.9. The smallest absolute Gasteiger partial charge is 0.217 e. The molecule has 1 aliphatic heterocycles. The van der Waals surface area contributed by atoms with Crippen LogP contribution in [-0.2, 0) is 11.3 Å². The van der Waals surface area contributed by atoms with Crippen molar-refractivity contribution < 1.29 is 4.74 Å². The molecule has 140 valence electrons. The van der Waals surface area contributed by atoms with E-state index in [2.05, 4.69) is 36.5 Å². The summed E-state index contributed by atoms with van der Waals surface area (Å²) < 4.78 is 10.3. The number of allylic oxidation sites excluding steroid dienone is 1. The molecule has 26 heavy (non-hydrogen) atoms. The minimum atomic E-state index is 0.178. The summed E-state index contributed by atoms with van der Waals surface area (Å²) in [5, 5.41) is 15.9. The summed E-state index contributed by atoms with van der Waals surface area (Å²) >= 11 is 0. The van der Waals surface area contributed by atoms with Crippen molar-refractivity contribution >= 4 is 5.76 Å². The first kappa shape index (κ1) is 17.2. The lowest BCUT2D eigenvalue weighted by atomic mass is 10.1. The van der Waals surface area contributed by atoms with E-state index in [0.717, 1.165) is 63.3 Å². The molecular formula is C18H27N7O. The van der Waals surface area contributed by atoms with Gasteiger partial charge in [-0.3, -0.25) is 0 Å². The molecule has 8 heteroatoms. The fourth-order valence-corrected chi connectivity index (χ4v) is 3.79. The van der Waals surface area contributed by atoms with Gasteiger partial charge in [-0.05, 0) is 55.2 Å². The van der Waals surface area contributed by atoms with Gasteiger partial charge in [-0.2, -0.15) is 0 Å². The number of hydrogen-bond donors (Lipinski definition) is 1. The standard InChI is InChI=1S/C18H27N7O/c1-2-6-15(5-1)25-18(21-22-23-25)17-8-3-7-16(26-17)13-19-9-4-11-24-12-10-20-14-24/h8,10,12,14-16,19H,1-7,9,11,13H2. The third kappa shape index (κ3) is 4.12. The van der Waals surface area contributed by atoms with Gasteiger partial charge in [-0.25, -0.2) is 9.67 Å². The van der Waals surface area contributed by atoms with Crippen molar-refractivity contribution in [3.05, 3.63) is 30.6 Å². The van der Waals surface area contributed by atoms with Crippen LogP contribution < -0.4 is 5.32 Å². The quantitative estimate of drug-likeness (QED) is 0.729. The third-order valence-electron chi connectivity index (χ3n) is 5.20. The van der Waals surface area contributed by atoms with Crippen molar-refractivity contribution in [1.82, 2.24) is 35.1 Å². The average molecular weight is 357 g/mol. The highest BCUT2D eigenvalue weighted by molar-refractivity contribution is 5.53. The van der Waals surface area contributed by atoms with Crippen molar-refractivity contribution in [2.75, 3.05) is 13.1 Å². The van der Waals surface area contributed by atoms with Crippen molar-refractivity contribution in [3.8, 4) is 0 Å². The van der Waals surface area contributed by atoms with Crippen molar-refractivity contribution in [1.29, 1.82) is 0 Å². The molecule has 0 amide bonds. The molecule has 2 aromatic rings. The summed E-state index contributed by atoms with van der Waals surface area (Å²) in [7, 11) is 0. The predicted octanol–water partition coefficient (Wildman–Crippen LogP) is 2.18. The van der Waals surface area contributed by atoms with Crippen LogP contribution in [0.15, 0.2) is 24.8 Å². The summed E-state index contributed by atoms with van der Waals surface area (Å²) in [4.78, 5) is 4.06. The Hall–Kier alpha value is -2.22. The zero-order chi connectivity index (χ0) is 17.6. The topological polar surface area (TPSA) is 82.7 Å². The maximum Gasteiger partial charge on any atom is 0.217 e. The van der Waals surface area contributed by atoms with Gasteiger partial charge in [0.05, 0.1) is 12.4 Å². The van der Waals surface area contributed by atoms with E-state index < -0.39 is 0 Å². The van der Waals surface area contributed by atoms with Crippen LogP contribution in [0, 0.1) is 0 Å². The predicted molar refractivity (Wildman–Crippen MR) is 97.1 cm³/mol. The summed E-state index contributed by atoms with van der Waals surface area (Å²) in [6, 6.07) is 0.422. The van der Waals surface area contributed by atoms with Crippen LogP contribution in [-0.4, -0.2) is 49.0 Å². The van der Waals surface area contributed by atoms with E-state index in [-0.39, 0.29) is 6.10 Å². The highest BCUT2D eigenvalue weighted by atomic mass is 16.5. The van der Waals surface area contributed by atoms with E-state index in [9.17, 15) is 0 Å². The zero-order valence-corrected chi connectivity index (χ0v) is 15.1. The molecule has 1 saturated carbocycles. The molecule has 2 aliphatic rings. The van der Waals surface area contributed by atoms with E-state index in [1.165, 1.54) is 12.8 Å². The van der Waals surface area contributed by atoms with Crippen LogP contribution >= 0.6 is 0 Å². The Bertz CT molecular complexity index is 703.